The van der Waals surface area contributed by atoms with Gasteiger partial charge in [0.05, 0.1) is 12.8 Å². The number of ether oxygens (including phenoxy) is 1. The van der Waals surface area contributed by atoms with E-state index in [9.17, 15) is 14.0 Å². The van der Waals surface area contributed by atoms with Gasteiger partial charge in [-0.15, -0.1) is 0 Å². The monoisotopic (exact) mass is 385 g/mol. The van der Waals surface area contributed by atoms with Crippen LogP contribution in [0, 0.1) is 12.7 Å². The van der Waals surface area contributed by atoms with Crippen LogP contribution in [0.5, 0.6) is 5.75 Å². The first-order valence-electron chi connectivity index (χ1n) is 9.14. The van der Waals surface area contributed by atoms with Gasteiger partial charge in [0.2, 0.25) is 5.91 Å². The van der Waals surface area contributed by atoms with Gasteiger partial charge in [0.25, 0.3) is 0 Å². The predicted molar refractivity (Wildman–Crippen MR) is 105 cm³/mol. The Hall–Kier alpha value is -3.09. The van der Waals surface area contributed by atoms with E-state index < -0.39 is 17.9 Å². The van der Waals surface area contributed by atoms with Gasteiger partial charge in [-0.3, -0.25) is 4.79 Å². The predicted octanol–water partition coefficient (Wildman–Crippen LogP) is 3.41. The minimum absolute atomic E-state index is 0.0486. The molecule has 1 fully saturated rings. The van der Waals surface area contributed by atoms with Crippen molar-refractivity contribution < 1.29 is 18.7 Å². The van der Waals surface area contributed by atoms with E-state index in [0.29, 0.717) is 25.4 Å². The third-order valence-electron chi connectivity index (χ3n) is 4.92. The van der Waals surface area contributed by atoms with Crippen LogP contribution in [0.4, 0.5) is 14.9 Å². The van der Waals surface area contributed by atoms with Gasteiger partial charge in [0.15, 0.2) is 0 Å². The molecule has 0 bridgehead atoms. The van der Waals surface area contributed by atoms with Crippen molar-refractivity contribution in [3.8, 4) is 5.75 Å². The number of aryl methyl sites for hydroxylation is 1. The SMILES string of the molecule is COc1ccc(NC(=O)N2CCN(Cc3ccc(C)cc3)C(=O)[C@H]2C)c(F)c1. The molecule has 0 unspecified atom stereocenters. The van der Waals surface area contributed by atoms with Crippen LogP contribution in [0.25, 0.3) is 0 Å². The molecule has 148 valence electrons. The number of urea groups is 1. The van der Waals surface area contributed by atoms with Gasteiger partial charge in [-0.1, -0.05) is 29.8 Å². The largest absolute Gasteiger partial charge is 0.497 e. The van der Waals surface area contributed by atoms with Gasteiger partial charge in [-0.05, 0) is 31.5 Å². The molecule has 1 saturated heterocycles. The maximum Gasteiger partial charge on any atom is 0.322 e. The highest BCUT2D eigenvalue weighted by Crippen LogP contribution is 2.22. The molecule has 1 N–H and O–H groups in total. The molecule has 6 nitrogen and oxygen atoms in total. The fourth-order valence-electron chi connectivity index (χ4n) is 3.19. The topological polar surface area (TPSA) is 61.9 Å². The van der Waals surface area contributed by atoms with E-state index in [-0.39, 0.29) is 11.6 Å². The Labute approximate surface area is 163 Å². The van der Waals surface area contributed by atoms with Crippen LogP contribution in [-0.2, 0) is 11.3 Å². The standard InChI is InChI=1S/C21H24FN3O3/c1-14-4-6-16(7-5-14)13-24-10-11-25(15(2)20(24)26)21(27)23-19-9-8-17(28-3)12-18(19)22/h4-9,12,15H,10-11,13H2,1-3H3,(H,23,27)/t15-/m1/s1. The number of carbonyl (C=O) groups excluding carboxylic acids is 2. The molecule has 0 spiro atoms. The van der Waals surface area contributed by atoms with Crippen LogP contribution in [0.3, 0.4) is 0 Å². The van der Waals surface area contributed by atoms with Gasteiger partial charge < -0.3 is 19.9 Å². The number of benzene rings is 2. The first-order valence-corrected chi connectivity index (χ1v) is 9.14. The Balaban J connectivity index is 1.64. The highest BCUT2D eigenvalue weighted by atomic mass is 19.1. The maximum atomic E-state index is 14.1. The Bertz CT molecular complexity index is 870. The number of piperazine rings is 1. The Kier molecular flexibility index (Phi) is 5.82. The summed E-state index contributed by atoms with van der Waals surface area (Å²) in [7, 11) is 1.44. The summed E-state index contributed by atoms with van der Waals surface area (Å²) in [5, 5.41) is 2.54. The van der Waals surface area contributed by atoms with Crippen molar-refractivity contribution in [1.82, 2.24) is 9.80 Å². The second-order valence-electron chi connectivity index (χ2n) is 6.89. The summed E-state index contributed by atoms with van der Waals surface area (Å²) < 4.78 is 19.0. The zero-order chi connectivity index (χ0) is 20.3. The third-order valence-corrected chi connectivity index (χ3v) is 4.92. The quantitative estimate of drug-likeness (QED) is 0.877. The summed E-state index contributed by atoms with van der Waals surface area (Å²) in [6.07, 6.45) is 0. The van der Waals surface area contributed by atoms with Crippen LogP contribution >= 0.6 is 0 Å². The number of carbonyl (C=O) groups is 2. The van der Waals surface area contributed by atoms with Crippen LogP contribution in [-0.4, -0.2) is 48.0 Å². The van der Waals surface area contributed by atoms with E-state index in [0.717, 1.165) is 11.1 Å². The molecule has 28 heavy (non-hydrogen) atoms. The first-order chi connectivity index (χ1) is 13.4. The summed E-state index contributed by atoms with van der Waals surface area (Å²) in [5.41, 5.74) is 2.26. The molecule has 2 aromatic rings. The van der Waals surface area contributed by atoms with E-state index in [1.54, 1.807) is 17.9 Å². The van der Waals surface area contributed by atoms with Crippen molar-refractivity contribution >= 4 is 17.6 Å². The minimum atomic E-state index is -0.625. The molecule has 2 aromatic carbocycles. The summed E-state index contributed by atoms with van der Waals surface area (Å²) in [5.74, 6) is -0.356. The lowest BCUT2D eigenvalue weighted by Crippen LogP contribution is -2.58. The summed E-state index contributed by atoms with van der Waals surface area (Å²) in [6.45, 7) is 5.01. The Morgan fingerprint density at radius 3 is 2.57 bits per heavy atom. The van der Waals surface area contributed by atoms with Crippen molar-refractivity contribution in [1.29, 1.82) is 0 Å². The maximum absolute atomic E-state index is 14.1. The van der Waals surface area contributed by atoms with Gasteiger partial charge in [-0.2, -0.15) is 0 Å². The van der Waals surface area contributed by atoms with Gasteiger partial charge >= 0.3 is 6.03 Å². The van der Waals surface area contributed by atoms with Gasteiger partial charge in [0, 0.05) is 25.7 Å². The molecular weight excluding hydrogens is 361 g/mol. The fraction of sp³-hybridized carbons (Fsp3) is 0.333. The third kappa shape index (κ3) is 4.24. The fourth-order valence-corrected chi connectivity index (χ4v) is 3.19. The Morgan fingerprint density at radius 1 is 1.21 bits per heavy atom. The molecule has 1 heterocycles. The number of anilines is 1. The van der Waals surface area contributed by atoms with Gasteiger partial charge in [0.1, 0.15) is 17.6 Å². The number of rotatable bonds is 4. The number of nitrogens with zero attached hydrogens (tertiary/aromatic N) is 2. The zero-order valence-electron chi connectivity index (χ0n) is 16.2. The minimum Gasteiger partial charge on any atom is -0.497 e. The molecule has 1 atom stereocenters. The average Bonchev–Trinajstić information content (AvgIpc) is 2.68. The molecule has 1 aliphatic rings. The first kappa shape index (κ1) is 19.7. The van der Waals surface area contributed by atoms with Crippen LogP contribution in [0.1, 0.15) is 18.1 Å². The van der Waals surface area contributed by atoms with Crippen LogP contribution < -0.4 is 10.1 Å². The number of hydrogen-bond donors (Lipinski definition) is 1. The second-order valence-corrected chi connectivity index (χ2v) is 6.89. The summed E-state index contributed by atoms with van der Waals surface area (Å²) in [6, 6.07) is 11.1. The second kappa shape index (κ2) is 8.29. The van der Waals surface area contributed by atoms with Crippen molar-refractivity contribution in [2.45, 2.75) is 26.4 Å². The number of amides is 3. The van der Waals surface area contributed by atoms with Crippen molar-refractivity contribution in [3.05, 3.63) is 59.4 Å². The van der Waals surface area contributed by atoms with Gasteiger partial charge in [-0.25, -0.2) is 9.18 Å². The Morgan fingerprint density at radius 2 is 1.93 bits per heavy atom. The summed E-state index contributed by atoms with van der Waals surface area (Å²) in [4.78, 5) is 28.5. The van der Waals surface area contributed by atoms with E-state index >= 15 is 0 Å². The number of hydrogen-bond acceptors (Lipinski definition) is 3. The van der Waals surface area contributed by atoms with Crippen molar-refractivity contribution in [2.75, 3.05) is 25.5 Å². The summed E-state index contributed by atoms with van der Waals surface area (Å²) >= 11 is 0. The van der Waals surface area contributed by atoms with Crippen molar-refractivity contribution in [3.63, 3.8) is 0 Å². The number of methoxy groups -OCH3 is 1. The lowest BCUT2D eigenvalue weighted by Gasteiger charge is -2.39. The number of nitrogens with one attached hydrogen (secondary N) is 1. The molecule has 0 aliphatic carbocycles. The number of halogens is 1. The van der Waals surface area contributed by atoms with E-state index in [1.165, 1.54) is 24.1 Å². The molecular formula is C21H24FN3O3. The molecule has 0 saturated carbocycles. The van der Waals surface area contributed by atoms with E-state index in [1.807, 2.05) is 31.2 Å². The average molecular weight is 385 g/mol. The lowest BCUT2D eigenvalue weighted by atomic mass is 10.1. The smallest absolute Gasteiger partial charge is 0.322 e. The normalized spacial score (nSPS) is 16.9. The molecule has 0 aromatic heterocycles. The molecule has 3 amide bonds. The van der Waals surface area contributed by atoms with Crippen LogP contribution in [0.2, 0.25) is 0 Å². The van der Waals surface area contributed by atoms with Crippen molar-refractivity contribution in [2.24, 2.45) is 0 Å². The molecule has 7 heteroatoms. The van der Waals surface area contributed by atoms with E-state index in [2.05, 4.69) is 5.32 Å². The highest BCUT2D eigenvalue weighted by molar-refractivity contribution is 5.94. The molecule has 1 aliphatic heterocycles. The molecule has 3 rings (SSSR count). The zero-order valence-corrected chi connectivity index (χ0v) is 16.2. The molecule has 0 radical (unpaired) electrons. The lowest BCUT2D eigenvalue weighted by molar-refractivity contribution is -0.139. The highest BCUT2D eigenvalue weighted by Gasteiger charge is 2.34. The van der Waals surface area contributed by atoms with Crippen LogP contribution in [0.15, 0.2) is 42.5 Å². The van der Waals surface area contributed by atoms with E-state index in [4.69, 9.17) is 4.74 Å².